The molecule has 0 aliphatic carbocycles. The summed E-state index contributed by atoms with van der Waals surface area (Å²) >= 11 is 0. The van der Waals surface area contributed by atoms with E-state index < -0.39 is 12.3 Å². The van der Waals surface area contributed by atoms with Crippen LogP contribution < -0.4 is 5.32 Å². The van der Waals surface area contributed by atoms with E-state index in [1.807, 2.05) is 5.32 Å². The van der Waals surface area contributed by atoms with Gasteiger partial charge >= 0.3 is 0 Å². The fourth-order valence-corrected chi connectivity index (χ4v) is 0.329. The summed E-state index contributed by atoms with van der Waals surface area (Å²) in [6, 6.07) is 0. The van der Waals surface area contributed by atoms with Gasteiger partial charge in [-0.2, -0.15) is 0 Å². The number of rotatable bonds is 3. The van der Waals surface area contributed by atoms with Gasteiger partial charge in [0.15, 0.2) is 0 Å². The van der Waals surface area contributed by atoms with Crippen LogP contribution in [0.4, 0.5) is 8.78 Å². The van der Waals surface area contributed by atoms with Gasteiger partial charge in [0.05, 0.1) is 0 Å². The molecule has 0 rings (SSSR count). The lowest BCUT2D eigenvalue weighted by Gasteiger charge is -1.96. The summed E-state index contributed by atoms with van der Waals surface area (Å²) in [4.78, 5) is 10.2. The van der Waals surface area contributed by atoms with E-state index in [4.69, 9.17) is 0 Å². The van der Waals surface area contributed by atoms with E-state index in [9.17, 15) is 13.6 Å². The Bertz CT molecular complexity index is 95.0. The van der Waals surface area contributed by atoms with Crippen LogP contribution in [0, 0.1) is 7.05 Å². The van der Waals surface area contributed by atoms with E-state index in [1.165, 1.54) is 0 Å². The first-order valence-corrected chi connectivity index (χ1v) is 2.51. The second kappa shape index (κ2) is 4.23. The molecule has 0 aromatic heterocycles. The molecule has 1 radical (unpaired) electrons. The Labute approximate surface area is 52.2 Å². The number of amides is 1. The van der Waals surface area contributed by atoms with Crippen LogP contribution in [0.3, 0.4) is 0 Å². The minimum absolute atomic E-state index is 0.152. The number of carbonyl (C=O) groups excluding carboxylic acids is 1. The molecule has 0 atom stereocenters. The number of halogens is 2. The molecule has 2 nitrogen and oxygen atoms in total. The molecule has 9 heavy (non-hydrogen) atoms. The third-order valence-electron chi connectivity index (χ3n) is 0.787. The highest BCUT2D eigenvalue weighted by molar-refractivity contribution is 5.75. The molecule has 0 aliphatic rings. The molecule has 1 amide bonds. The Hall–Kier alpha value is -0.670. The molecule has 0 heterocycles. The summed E-state index contributed by atoms with van der Waals surface area (Å²) in [5, 5.41) is 2.00. The van der Waals surface area contributed by atoms with Gasteiger partial charge in [0.25, 0.3) is 0 Å². The summed E-state index contributed by atoms with van der Waals surface area (Å²) in [6.07, 6.45) is -2.94. The highest BCUT2D eigenvalue weighted by atomic mass is 19.3. The summed E-state index contributed by atoms with van der Waals surface area (Å²) in [7, 11) is 3.02. The molecule has 0 bridgehead atoms. The van der Waals surface area contributed by atoms with Crippen molar-refractivity contribution < 1.29 is 13.6 Å². The highest BCUT2D eigenvalue weighted by Gasteiger charge is 2.04. The molecule has 1 N–H and O–H groups in total. The monoisotopic (exact) mass is 136 g/mol. The Morgan fingerprint density at radius 1 is 1.67 bits per heavy atom. The van der Waals surface area contributed by atoms with Gasteiger partial charge in [0, 0.05) is 19.9 Å². The van der Waals surface area contributed by atoms with E-state index in [0.29, 0.717) is 0 Å². The minimum atomic E-state index is -2.40. The lowest BCUT2D eigenvalue weighted by molar-refractivity contribution is -0.120. The Morgan fingerprint density at radius 2 is 2.22 bits per heavy atom. The third-order valence-corrected chi connectivity index (χ3v) is 0.787. The molecule has 0 aliphatic heterocycles. The smallest absolute Gasteiger partial charge is 0.239 e. The maximum atomic E-state index is 11.3. The predicted molar refractivity (Wildman–Crippen MR) is 28.7 cm³/mol. The first kappa shape index (κ1) is 8.33. The lowest BCUT2D eigenvalue weighted by Crippen LogP contribution is -2.15. The molecule has 4 heteroatoms. The SMILES string of the molecule is [CH2]NC(=O)CCC(F)F. The number of nitrogens with one attached hydrogen (secondary N) is 1. The van der Waals surface area contributed by atoms with Crippen molar-refractivity contribution in [2.75, 3.05) is 0 Å². The number of carbonyl (C=O) groups is 1. The Morgan fingerprint density at radius 3 is 2.56 bits per heavy atom. The Kier molecular flexibility index (Phi) is 3.92. The van der Waals surface area contributed by atoms with Gasteiger partial charge in [0.1, 0.15) is 0 Å². The molecule has 0 aromatic rings. The van der Waals surface area contributed by atoms with Gasteiger partial charge in [-0.3, -0.25) is 4.79 Å². The second-order valence-corrected chi connectivity index (χ2v) is 1.53. The number of hydrogen-bond acceptors (Lipinski definition) is 1. The van der Waals surface area contributed by atoms with Crippen molar-refractivity contribution in [3.05, 3.63) is 7.05 Å². The maximum Gasteiger partial charge on any atom is 0.239 e. The van der Waals surface area contributed by atoms with Crippen LogP contribution in [0.5, 0.6) is 0 Å². The average molecular weight is 136 g/mol. The molecule has 0 unspecified atom stereocenters. The molecule has 0 aromatic carbocycles. The standard InChI is InChI=1S/C5H8F2NO/c1-8-5(9)3-2-4(6)7/h4H,1-3H2,(H,8,9). The summed E-state index contributed by atoms with van der Waals surface area (Å²) in [5.41, 5.74) is 0. The largest absolute Gasteiger partial charge is 0.354 e. The van der Waals surface area contributed by atoms with Crippen LogP contribution in [0.2, 0.25) is 0 Å². The van der Waals surface area contributed by atoms with Crippen LogP contribution in [-0.4, -0.2) is 12.3 Å². The molecule has 0 saturated heterocycles. The van der Waals surface area contributed by atoms with Crippen LogP contribution in [0.1, 0.15) is 12.8 Å². The van der Waals surface area contributed by atoms with Crippen LogP contribution in [0.15, 0.2) is 0 Å². The van der Waals surface area contributed by atoms with Crippen molar-refractivity contribution in [3.8, 4) is 0 Å². The molecular formula is C5H8F2NO. The zero-order valence-electron chi connectivity index (χ0n) is 4.86. The van der Waals surface area contributed by atoms with Gasteiger partial charge in [-0.05, 0) is 0 Å². The Balaban J connectivity index is 3.17. The average Bonchev–Trinajstić information content (AvgIpc) is 1.83. The van der Waals surface area contributed by atoms with Crippen LogP contribution in [-0.2, 0) is 4.79 Å². The first-order valence-electron chi connectivity index (χ1n) is 2.51. The number of hydrogen-bond donors (Lipinski definition) is 1. The fraction of sp³-hybridized carbons (Fsp3) is 0.600. The van der Waals surface area contributed by atoms with Crippen molar-refractivity contribution in [3.63, 3.8) is 0 Å². The van der Waals surface area contributed by atoms with Crippen LogP contribution in [0.25, 0.3) is 0 Å². The van der Waals surface area contributed by atoms with Gasteiger partial charge in [-0.1, -0.05) is 0 Å². The topological polar surface area (TPSA) is 29.1 Å². The predicted octanol–water partition coefficient (Wildman–Crippen LogP) is 0.939. The van der Waals surface area contributed by atoms with Gasteiger partial charge in [0.2, 0.25) is 12.3 Å². The van der Waals surface area contributed by atoms with Crippen molar-refractivity contribution in [2.45, 2.75) is 19.3 Å². The van der Waals surface area contributed by atoms with Crippen molar-refractivity contribution in [2.24, 2.45) is 0 Å². The van der Waals surface area contributed by atoms with Gasteiger partial charge in [-0.15, -0.1) is 0 Å². The first-order chi connectivity index (χ1) is 4.16. The lowest BCUT2D eigenvalue weighted by atomic mass is 10.3. The van der Waals surface area contributed by atoms with Crippen molar-refractivity contribution in [1.82, 2.24) is 5.32 Å². The quantitative estimate of drug-likeness (QED) is 0.614. The van der Waals surface area contributed by atoms with E-state index >= 15 is 0 Å². The molecule has 0 spiro atoms. The van der Waals surface area contributed by atoms with Gasteiger partial charge < -0.3 is 5.32 Å². The zero-order chi connectivity index (χ0) is 7.28. The van der Waals surface area contributed by atoms with Crippen LogP contribution >= 0.6 is 0 Å². The normalized spacial score (nSPS) is 9.78. The molecule has 0 saturated carbocycles. The molecule has 53 valence electrons. The summed E-state index contributed by atoms with van der Waals surface area (Å²) in [5.74, 6) is -0.449. The summed E-state index contributed by atoms with van der Waals surface area (Å²) < 4.78 is 22.7. The second-order valence-electron chi connectivity index (χ2n) is 1.53. The van der Waals surface area contributed by atoms with E-state index in [1.54, 1.807) is 0 Å². The van der Waals surface area contributed by atoms with Gasteiger partial charge in [-0.25, -0.2) is 8.78 Å². The van der Waals surface area contributed by atoms with E-state index in [2.05, 4.69) is 7.05 Å². The molecular weight excluding hydrogens is 128 g/mol. The third kappa shape index (κ3) is 5.20. The van der Waals surface area contributed by atoms with Crippen molar-refractivity contribution >= 4 is 5.91 Å². The van der Waals surface area contributed by atoms with Crippen molar-refractivity contribution in [1.29, 1.82) is 0 Å². The summed E-state index contributed by atoms with van der Waals surface area (Å²) in [6.45, 7) is 0. The fourth-order valence-electron chi connectivity index (χ4n) is 0.329. The zero-order valence-corrected chi connectivity index (χ0v) is 4.86. The minimum Gasteiger partial charge on any atom is -0.354 e. The van der Waals surface area contributed by atoms with E-state index in [-0.39, 0.29) is 12.8 Å². The number of alkyl halides is 2. The molecule has 0 fully saturated rings. The highest BCUT2D eigenvalue weighted by Crippen LogP contribution is 2.01. The van der Waals surface area contributed by atoms with E-state index in [0.717, 1.165) is 0 Å². The maximum absolute atomic E-state index is 11.3.